The minimum absolute atomic E-state index is 0.0710. The summed E-state index contributed by atoms with van der Waals surface area (Å²) in [6, 6.07) is 10.2. The molecule has 1 aliphatic rings. The maximum absolute atomic E-state index is 10.0. The number of nitrogens with one attached hydrogen (secondary N) is 1. The molecule has 0 amide bonds. The molecule has 0 aliphatic carbocycles. The SMILES string of the molecule is CCCNC(CO)(CCOC1CCOC1)c1ccccc1. The van der Waals surface area contributed by atoms with E-state index in [0.717, 1.165) is 38.0 Å². The highest BCUT2D eigenvalue weighted by Gasteiger charge is 2.31. The molecule has 4 nitrogen and oxygen atoms in total. The van der Waals surface area contributed by atoms with Crippen LogP contribution in [-0.2, 0) is 15.0 Å². The Labute approximate surface area is 127 Å². The molecular weight excluding hydrogens is 266 g/mol. The molecule has 0 radical (unpaired) electrons. The van der Waals surface area contributed by atoms with E-state index in [2.05, 4.69) is 24.4 Å². The minimum Gasteiger partial charge on any atom is -0.394 e. The first kappa shape index (κ1) is 16.4. The Morgan fingerprint density at radius 2 is 2.19 bits per heavy atom. The highest BCUT2D eigenvalue weighted by atomic mass is 16.5. The Balaban J connectivity index is 1.99. The number of hydrogen-bond donors (Lipinski definition) is 2. The predicted octanol–water partition coefficient (Wildman–Crippen LogP) is 2.07. The molecule has 1 aliphatic heterocycles. The Hall–Kier alpha value is -0.940. The molecule has 2 N–H and O–H groups in total. The van der Waals surface area contributed by atoms with E-state index in [0.29, 0.717) is 13.2 Å². The van der Waals surface area contributed by atoms with Crippen LogP contribution in [0.25, 0.3) is 0 Å². The zero-order chi connectivity index (χ0) is 15.0. The van der Waals surface area contributed by atoms with Gasteiger partial charge in [-0.3, -0.25) is 0 Å². The fourth-order valence-electron chi connectivity index (χ4n) is 2.73. The summed E-state index contributed by atoms with van der Waals surface area (Å²) >= 11 is 0. The van der Waals surface area contributed by atoms with Gasteiger partial charge in [0, 0.05) is 13.2 Å². The Morgan fingerprint density at radius 3 is 2.81 bits per heavy atom. The molecule has 0 aromatic heterocycles. The van der Waals surface area contributed by atoms with E-state index < -0.39 is 5.54 Å². The van der Waals surface area contributed by atoms with Gasteiger partial charge in [-0.05, 0) is 31.4 Å². The standard InChI is InChI=1S/C17H27NO3/c1-2-10-18-17(14-19,15-6-4-3-5-7-15)9-12-21-16-8-11-20-13-16/h3-7,16,18-19H,2,8-14H2,1H3. The van der Waals surface area contributed by atoms with Gasteiger partial charge in [0.15, 0.2) is 0 Å². The number of rotatable bonds is 9. The summed E-state index contributed by atoms with van der Waals surface area (Å²) in [4.78, 5) is 0. The zero-order valence-electron chi connectivity index (χ0n) is 12.9. The van der Waals surface area contributed by atoms with Crippen LogP contribution >= 0.6 is 0 Å². The average Bonchev–Trinajstić information content (AvgIpc) is 3.05. The number of ether oxygens (including phenoxy) is 2. The van der Waals surface area contributed by atoms with Crippen molar-refractivity contribution in [2.75, 3.05) is 33.0 Å². The third kappa shape index (κ3) is 4.51. The van der Waals surface area contributed by atoms with Gasteiger partial charge in [0.25, 0.3) is 0 Å². The molecule has 118 valence electrons. The van der Waals surface area contributed by atoms with E-state index >= 15 is 0 Å². The lowest BCUT2D eigenvalue weighted by Crippen LogP contribution is -2.47. The number of aliphatic hydroxyl groups is 1. The van der Waals surface area contributed by atoms with Crippen molar-refractivity contribution < 1.29 is 14.6 Å². The Bertz CT molecular complexity index is 392. The lowest BCUT2D eigenvalue weighted by atomic mass is 9.87. The van der Waals surface area contributed by atoms with Crippen LogP contribution in [0.3, 0.4) is 0 Å². The van der Waals surface area contributed by atoms with Crippen LogP contribution < -0.4 is 5.32 Å². The molecule has 21 heavy (non-hydrogen) atoms. The molecule has 0 spiro atoms. The van der Waals surface area contributed by atoms with Gasteiger partial charge in [-0.1, -0.05) is 37.3 Å². The van der Waals surface area contributed by atoms with Crippen LogP contribution in [0.1, 0.15) is 31.7 Å². The molecule has 1 saturated heterocycles. The lowest BCUT2D eigenvalue weighted by molar-refractivity contribution is 0.0207. The van der Waals surface area contributed by atoms with Gasteiger partial charge in [0.1, 0.15) is 0 Å². The minimum atomic E-state index is -0.420. The second kappa shape index (κ2) is 8.49. The van der Waals surface area contributed by atoms with Gasteiger partial charge >= 0.3 is 0 Å². The maximum atomic E-state index is 10.0. The summed E-state index contributed by atoms with van der Waals surface area (Å²) in [5.41, 5.74) is 0.698. The van der Waals surface area contributed by atoms with E-state index in [1.165, 1.54) is 0 Å². The summed E-state index contributed by atoms with van der Waals surface area (Å²) < 4.78 is 11.2. The molecule has 0 bridgehead atoms. The summed E-state index contributed by atoms with van der Waals surface area (Å²) in [6.07, 6.45) is 2.97. The molecule has 2 unspecified atom stereocenters. The lowest BCUT2D eigenvalue weighted by Gasteiger charge is -2.34. The molecular formula is C17H27NO3. The highest BCUT2D eigenvalue weighted by Crippen LogP contribution is 2.25. The van der Waals surface area contributed by atoms with Gasteiger partial charge in [0.2, 0.25) is 0 Å². The number of benzene rings is 1. The highest BCUT2D eigenvalue weighted by molar-refractivity contribution is 5.24. The van der Waals surface area contributed by atoms with Crippen LogP contribution in [0.4, 0.5) is 0 Å². The third-order valence-corrected chi connectivity index (χ3v) is 4.08. The largest absolute Gasteiger partial charge is 0.394 e. The van der Waals surface area contributed by atoms with Gasteiger partial charge in [-0.15, -0.1) is 0 Å². The average molecular weight is 293 g/mol. The molecule has 1 aromatic rings. The van der Waals surface area contributed by atoms with Crippen LogP contribution in [0, 0.1) is 0 Å². The van der Waals surface area contributed by atoms with E-state index in [9.17, 15) is 5.11 Å². The number of aliphatic hydroxyl groups excluding tert-OH is 1. The molecule has 4 heteroatoms. The van der Waals surface area contributed by atoms with Gasteiger partial charge in [-0.25, -0.2) is 0 Å². The van der Waals surface area contributed by atoms with Gasteiger partial charge < -0.3 is 19.9 Å². The van der Waals surface area contributed by atoms with Crippen molar-refractivity contribution in [3.05, 3.63) is 35.9 Å². The van der Waals surface area contributed by atoms with Crippen molar-refractivity contribution in [2.45, 2.75) is 37.8 Å². The third-order valence-electron chi connectivity index (χ3n) is 4.08. The summed E-state index contributed by atoms with van der Waals surface area (Å²) in [7, 11) is 0. The molecule has 2 rings (SSSR count). The summed E-state index contributed by atoms with van der Waals surface area (Å²) in [5.74, 6) is 0. The van der Waals surface area contributed by atoms with E-state index in [-0.39, 0.29) is 12.7 Å². The first-order valence-electron chi connectivity index (χ1n) is 7.91. The van der Waals surface area contributed by atoms with Crippen molar-refractivity contribution in [1.29, 1.82) is 0 Å². The molecule has 1 fully saturated rings. The Kier molecular flexibility index (Phi) is 6.64. The van der Waals surface area contributed by atoms with Gasteiger partial charge in [-0.2, -0.15) is 0 Å². The fraction of sp³-hybridized carbons (Fsp3) is 0.647. The summed E-state index contributed by atoms with van der Waals surface area (Å²) in [5, 5.41) is 13.5. The van der Waals surface area contributed by atoms with E-state index in [1.54, 1.807) is 0 Å². The summed E-state index contributed by atoms with van der Waals surface area (Å²) in [6.45, 7) is 5.19. The molecule has 2 atom stereocenters. The molecule has 0 saturated carbocycles. The predicted molar refractivity (Wildman–Crippen MR) is 83.3 cm³/mol. The zero-order valence-corrected chi connectivity index (χ0v) is 12.9. The quantitative estimate of drug-likeness (QED) is 0.732. The van der Waals surface area contributed by atoms with E-state index in [4.69, 9.17) is 9.47 Å². The normalized spacial score (nSPS) is 21.3. The number of hydrogen-bond acceptors (Lipinski definition) is 4. The molecule has 1 aromatic carbocycles. The topological polar surface area (TPSA) is 50.7 Å². The van der Waals surface area contributed by atoms with Crippen molar-refractivity contribution >= 4 is 0 Å². The van der Waals surface area contributed by atoms with E-state index in [1.807, 2.05) is 18.2 Å². The maximum Gasteiger partial charge on any atom is 0.0830 e. The fourth-order valence-corrected chi connectivity index (χ4v) is 2.73. The van der Waals surface area contributed by atoms with Crippen LogP contribution in [0.2, 0.25) is 0 Å². The van der Waals surface area contributed by atoms with Crippen molar-refractivity contribution in [1.82, 2.24) is 5.32 Å². The van der Waals surface area contributed by atoms with Crippen LogP contribution in [0.15, 0.2) is 30.3 Å². The Morgan fingerprint density at radius 1 is 1.38 bits per heavy atom. The molecule has 1 heterocycles. The van der Waals surface area contributed by atoms with Gasteiger partial charge in [0.05, 0.1) is 24.9 Å². The smallest absolute Gasteiger partial charge is 0.0830 e. The van der Waals surface area contributed by atoms with Crippen molar-refractivity contribution in [3.8, 4) is 0 Å². The monoisotopic (exact) mass is 293 g/mol. The van der Waals surface area contributed by atoms with Crippen LogP contribution in [0.5, 0.6) is 0 Å². The second-order valence-electron chi connectivity index (χ2n) is 5.64. The first-order valence-corrected chi connectivity index (χ1v) is 7.91. The second-order valence-corrected chi connectivity index (χ2v) is 5.64. The van der Waals surface area contributed by atoms with Crippen LogP contribution in [-0.4, -0.2) is 44.2 Å². The first-order chi connectivity index (χ1) is 10.3. The van der Waals surface area contributed by atoms with Crippen molar-refractivity contribution in [2.24, 2.45) is 0 Å². The van der Waals surface area contributed by atoms with Crippen molar-refractivity contribution in [3.63, 3.8) is 0 Å².